The van der Waals surface area contributed by atoms with Gasteiger partial charge in [0.25, 0.3) is 0 Å². The second kappa shape index (κ2) is 6.28. The van der Waals surface area contributed by atoms with Crippen molar-refractivity contribution in [3.8, 4) is 5.75 Å². The Morgan fingerprint density at radius 1 is 1.35 bits per heavy atom. The zero-order valence-electron chi connectivity index (χ0n) is 11.5. The number of halogens is 1. The normalized spacial score (nSPS) is 10.3. The van der Waals surface area contributed by atoms with Crippen LogP contribution in [0.15, 0.2) is 36.7 Å². The first-order chi connectivity index (χ1) is 9.65. The topological polar surface area (TPSA) is 39.2 Å². The summed E-state index contributed by atoms with van der Waals surface area (Å²) in [4.78, 5) is 16.3. The molecule has 2 rings (SSSR count). The third kappa shape index (κ3) is 3.02. The van der Waals surface area contributed by atoms with E-state index in [4.69, 9.17) is 4.74 Å². The second-order valence-corrected chi connectivity index (χ2v) is 4.46. The zero-order valence-corrected chi connectivity index (χ0v) is 11.5. The van der Waals surface area contributed by atoms with Gasteiger partial charge in [0, 0.05) is 24.4 Å². The first kappa shape index (κ1) is 14.2. The number of hydrogen-bond acceptors (Lipinski definition) is 3. The summed E-state index contributed by atoms with van der Waals surface area (Å²) in [5, 5.41) is 0. The zero-order chi connectivity index (χ0) is 14.5. The molecule has 0 unspecified atom stereocenters. The fraction of sp³-hybridized carbons (Fsp3) is 0.250. The molecule has 0 saturated heterocycles. The number of carbonyl (C=O) groups is 1. The minimum absolute atomic E-state index is 0.0335. The molecule has 0 amide bonds. The second-order valence-electron chi connectivity index (χ2n) is 4.46. The summed E-state index contributed by atoms with van der Waals surface area (Å²) in [6.07, 6.45) is 4.20. The number of aryl methyl sites for hydroxylation is 1. The van der Waals surface area contributed by atoms with Gasteiger partial charge in [-0.25, -0.2) is 4.39 Å². The molecule has 0 bridgehead atoms. The van der Waals surface area contributed by atoms with Crippen LogP contribution in [0.5, 0.6) is 5.75 Å². The van der Waals surface area contributed by atoms with Gasteiger partial charge in [-0.15, -0.1) is 0 Å². The molecule has 104 valence electrons. The number of aromatic nitrogens is 1. The summed E-state index contributed by atoms with van der Waals surface area (Å²) in [7, 11) is 1.41. The summed E-state index contributed by atoms with van der Waals surface area (Å²) in [5.74, 6) is -0.309. The minimum atomic E-state index is -0.455. The van der Waals surface area contributed by atoms with E-state index in [-0.39, 0.29) is 18.0 Å². The van der Waals surface area contributed by atoms with Crippen molar-refractivity contribution in [1.82, 2.24) is 4.98 Å². The number of nitrogens with zero attached hydrogens (tertiary/aromatic N) is 1. The molecule has 0 aliphatic heterocycles. The van der Waals surface area contributed by atoms with Crippen molar-refractivity contribution < 1.29 is 13.9 Å². The Labute approximate surface area is 117 Å². The Morgan fingerprint density at radius 3 is 2.80 bits per heavy atom. The number of methoxy groups -OCH3 is 1. The van der Waals surface area contributed by atoms with Gasteiger partial charge in [-0.2, -0.15) is 0 Å². The monoisotopic (exact) mass is 273 g/mol. The van der Waals surface area contributed by atoms with E-state index in [0.29, 0.717) is 11.1 Å². The lowest BCUT2D eigenvalue weighted by Gasteiger charge is -2.07. The van der Waals surface area contributed by atoms with E-state index < -0.39 is 5.82 Å². The van der Waals surface area contributed by atoms with Crippen LogP contribution in [0.1, 0.15) is 28.4 Å². The highest BCUT2D eigenvalue weighted by atomic mass is 19.1. The predicted octanol–water partition coefficient (Wildman–Crippen LogP) is 3.22. The maximum atomic E-state index is 13.6. The summed E-state index contributed by atoms with van der Waals surface area (Å²) < 4.78 is 18.5. The molecule has 0 saturated carbocycles. The molecule has 1 heterocycles. The number of benzene rings is 1. The van der Waals surface area contributed by atoms with Gasteiger partial charge >= 0.3 is 0 Å². The highest BCUT2D eigenvalue weighted by Crippen LogP contribution is 2.19. The lowest BCUT2D eigenvalue weighted by atomic mass is 9.99. The minimum Gasteiger partial charge on any atom is -0.494 e. The standard InChI is InChI=1S/C16H16FNO2/c1-3-12-10-18-7-6-13(12)15(19)9-11-4-5-16(20-2)14(17)8-11/h4-8,10H,3,9H2,1-2H3. The summed E-state index contributed by atoms with van der Waals surface area (Å²) in [6.45, 7) is 1.97. The van der Waals surface area contributed by atoms with Gasteiger partial charge in [-0.3, -0.25) is 9.78 Å². The molecule has 20 heavy (non-hydrogen) atoms. The number of ether oxygens (including phenoxy) is 1. The van der Waals surface area contributed by atoms with Gasteiger partial charge in [0.05, 0.1) is 7.11 Å². The van der Waals surface area contributed by atoms with Crippen LogP contribution in [-0.4, -0.2) is 17.9 Å². The molecular formula is C16H16FNO2. The lowest BCUT2D eigenvalue weighted by Crippen LogP contribution is -2.07. The van der Waals surface area contributed by atoms with E-state index in [2.05, 4.69) is 4.98 Å². The molecule has 1 aromatic heterocycles. The van der Waals surface area contributed by atoms with Crippen LogP contribution < -0.4 is 4.74 Å². The van der Waals surface area contributed by atoms with E-state index in [1.807, 2.05) is 6.92 Å². The number of hydrogen-bond donors (Lipinski definition) is 0. The van der Waals surface area contributed by atoms with Gasteiger partial charge in [0.15, 0.2) is 17.3 Å². The predicted molar refractivity (Wildman–Crippen MR) is 74.6 cm³/mol. The Morgan fingerprint density at radius 2 is 2.15 bits per heavy atom. The molecule has 2 aromatic rings. The molecule has 0 aliphatic carbocycles. The number of pyridine rings is 1. The van der Waals surface area contributed by atoms with Crippen molar-refractivity contribution in [2.75, 3.05) is 7.11 Å². The van der Waals surface area contributed by atoms with E-state index in [1.54, 1.807) is 24.5 Å². The number of Topliss-reactive ketones (excluding diaryl/α,β-unsaturated/α-hetero) is 1. The van der Waals surface area contributed by atoms with E-state index in [9.17, 15) is 9.18 Å². The van der Waals surface area contributed by atoms with Crippen molar-refractivity contribution in [3.05, 3.63) is 59.2 Å². The molecule has 3 nitrogen and oxygen atoms in total. The van der Waals surface area contributed by atoms with Crippen LogP contribution in [0, 0.1) is 5.82 Å². The fourth-order valence-electron chi connectivity index (χ4n) is 2.08. The first-order valence-corrected chi connectivity index (χ1v) is 6.44. The van der Waals surface area contributed by atoms with Crippen LogP contribution in [0.4, 0.5) is 4.39 Å². The average Bonchev–Trinajstić information content (AvgIpc) is 2.47. The molecular weight excluding hydrogens is 257 g/mol. The third-order valence-electron chi connectivity index (χ3n) is 3.17. The van der Waals surface area contributed by atoms with E-state index in [0.717, 1.165) is 12.0 Å². The third-order valence-corrected chi connectivity index (χ3v) is 3.17. The largest absolute Gasteiger partial charge is 0.494 e. The number of rotatable bonds is 5. The van der Waals surface area contributed by atoms with Gasteiger partial charge in [0.2, 0.25) is 0 Å². The first-order valence-electron chi connectivity index (χ1n) is 6.44. The molecule has 4 heteroatoms. The summed E-state index contributed by atoms with van der Waals surface area (Å²) in [6, 6.07) is 6.28. The van der Waals surface area contributed by atoms with Crippen LogP contribution >= 0.6 is 0 Å². The molecule has 1 aromatic carbocycles. The van der Waals surface area contributed by atoms with Crippen molar-refractivity contribution >= 4 is 5.78 Å². The molecule has 0 aliphatic rings. The molecule has 0 spiro atoms. The maximum Gasteiger partial charge on any atom is 0.167 e. The Hall–Kier alpha value is -2.23. The highest BCUT2D eigenvalue weighted by Gasteiger charge is 2.12. The molecule has 0 radical (unpaired) electrons. The summed E-state index contributed by atoms with van der Waals surface area (Å²) in [5.41, 5.74) is 2.19. The van der Waals surface area contributed by atoms with Crippen molar-refractivity contribution in [2.24, 2.45) is 0 Å². The maximum absolute atomic E-state index is 13.6. The molecule has 0 N–H and O–H groups in total. The van der Waals surface area contributed by atoms with Crippen molar-refractivity contribution in [2.45, 2.75) is 19.8 Å². The molecule has 0 fully saturated rings. The van der Waals surface area contributed by atoms with Gasteiger partial charge in [0.1, 0.15) is 0 Å². The lowest BCUT2D eigenvalue weighted by molar-refractivity contribution is 0.0992. The van der Waals surface area contributed by atoms with Gasteiger partial charge < -0.3 is 4.74 Å². The Balaban J connectivity index is 2.21. The average molecular weight is 273 g/mol. The summed E-state index contributed by atoms with van der Waals surface area (Å²) >= 11 is 0. The van der Waals surface area contributed by atoms with Crippen molar-refractivity contribution in [1.29, 1.82) is 0 Å². The van der Waals surface area contributed by atoms with E-state index in [1.165, 1.54) is 19.2 Å². The quantitative estimate of drug-likeness (QED) is 0.785. The van der Waals surface area contributed by atoms with Crippen LogP contribution in [-0.2, 0) is 12.8 Å². The Bertz CT molecular complexity index is 626. The van der Waals surface area contributed by atoms with E-state index >= 15 is 0 Å². The smallest absolute Gasteiger partial charge is 0.167 e. The number of ketones is 1. The van der Waals surface area contributed by atoms with Crippen LogP contribution in [0.2, 0.25) is 0 Å². The SMILES string of the molecule is CCc1cnccc1C(=O)Cc1ccc(OC)c(F)c1. The van der Waals surface area contributed by atoms with Gasteiger partial charge in [-0.05, 0) is 35.7 Å². The Kier molecular flexibility index (Phi) is 4.45. The van der Waals surface area contributed by atoms with Crippen molar-refractivity contribution in [3.63, 3.8) is 0 Å². The highest BCUT2D eigenvalue weighted by molar-refractivity contribution is 5.98. The van der Waals surface area contributed by atoms with Crippen LogP contribution in [0.25, 0.3) is 0 Å². The number of carbonyl (C=O) groups excluding carboxylic acids is 1. The van der Waals surface area contributed by atoms with Crippen LogP contribution in [0.3, 0.4) is 0 Å². The molecule has 0 atom stereocenters. The van der Waals surface area contributed by atoms with Gasteiger partial charge in [-0.1, -0.05) is 13.0 Å². The fourth-order valence-corrected chi connectivity index (χ4v) is 2.08.